The molecule has 1 saturated carbocycles. The van der Waals surface area contributed by atoms with Crippen LogP contribution in [0.15, 0.2) is 6.07 Å². The van der Waals surface area contributed by atoms with Crippen molar-refractivity contribution in [2.45, 2.75) is 77.8 Å². The first-order valence-electron chi connectivity index (χ1n) is 10.6. The van der Waals surface area contributed by atoms with E-state index in [-0.39, 0.29) is 42.3 Å². The van der Waals surface area contributed by atoms with Gasteiger partial charge in [0.15, 0.2) is 5.65 Å². The van der Waals surface area contributed by atoms with Crippen LogP contribution in [-0.2, 0) is 5.54 Å². The zero-order valence-electron chi connectivity index (χ0n) is 18.6. The molecule has 1 saturated heterocycles. The van der Waals surface area contributed by atoms with Gasteiger partial charge in [-0.2, -0.15) is 5.10 Å². The van der Waals surface area contributed by atoms with E-state index in [2.05, 4.69) is 27.7 Å². The zero-order chi connectivity index (χ0) is 20.2. The summed E-state index contributed by atoms with van der Waals surface area (Å²) < 4.78 is 1.99. The number of nitrogens with zero attached hydrogens (tertiary/aromatic N) is 4. The summed E-state index contributed by atoms with van der Waals surface area (Å²) in [7, 11) is 0. The third-order valence-corrected chi connectivity index (χ3v) is 6.20. The zero-order valence-corrected chi connectivity index (χ0v) is 20.3. The Bertz CT molecular complexity index is 916. The van der Waals surface area contributed by atoms with Crippen LogP contribution in [0.25, 0.3) is 11.0 Å². The largest absolute Gasteiger partial charge is 0.334 e. The van der Waals surface area contributed by atoms with Crippen molar-refractivity contribution in [1.29, 1.82) is 0 Å². The van der Waals surface area contributed by atoms with Crippen molar-refractivity contribution in [2.24, 2.45) is 11.7 Å². The highest BCUT2D eigenvalue weighted by Crippen LogP contribution is 2.41. The Morgan fingerprint density at radius 1 is 1.23 bits per heavy atom. The monoisotopic (exact) mass is 455 g/mol. The molecule has 30 heavy (non-hydrogen) atoms. The fourth-order valence-corrected chi connectivity index (χ4v) is 4.43. The molecule has 2 aliphatic rings. The lowest BCUT2D eigenvalue weighted by molar-refractivity contribution is 0.0575. The van der Waals surface area contributed by atoms with Crippen LogP contribution in [0.1, 0.15) is 81.0 Å². The Morgan fingerprint density at radius 3 is 2.47 bits per heavy atom. The molecule has 0 aromatic carbocycles. The van der Waals surface area contributed by atoms with Crippen LogP contribution in [0.4, 0.5) is 0 Å². The number of rotatable bonds is 3. The van der Waals surface area contributed by atoms with E-state index in [1.165, 1.54) is 0 Å². The molecule has 0 radical (unpaired) electrons. The van der Waals surface area contributed by atoms with Crippen molar-refractivity contribution >= 4 is 41.8 Å². The van der Waals surface area contributed by atoms with Crippen molar-refractivity contribution < 1.29 is 4.79 Å². The van der Waals surface area contributed by atoms with Crippen molar-refractivity contribution in [3.05, 3.63) is 23.0 Å². The second-order valence-electron chi connectivity index (χ2n) is 9.75. The molecule has 4 rings (SSSR count). The maximum Gasteiger partial charge on any atom is 0.255 e. The van der Waals surface area contributed by atoms with E-state index < -0.39 is 0 Å². The third kappa shape index (κ3) is 4.46. The second-order valence-corrected chi connectivity index (χ2v) is 9.75. The highest BCUT2D eigenvalue weighted by atomic mass is 35.5. The molecule has 2 atom stereocenters. The van der Waals surface area contributed by atoms with Crippen LogP contribution in [0.2, 0.25) is 0 Å². The number of pyridine rings is 1. The number of nitrogens with two attached hydrogens (primary N) is 1. The first-order valence-corrected chi connectivity index (χ1v) is 10.6. The normalized spacial score (nSPS) is 21.9. The smallest absolute Gasteiger partial charge is 0.255 e. The van der Waals surface area contributed by atoms with Crippen LogP contribution in [0.5, 0.6) is 0 Å². The number of piperidine rings is 1. The van der Waals surface area contributed by atoms with Crippen LogP contribution in [-0.4, -0.2) is 44.7 Å². The minimum atomic E-state index is -0.192. The molecule has 2 fully saturated rings. The second kappa shape index (κ2) is 9.01. The molecule has 0 bridgehead atoms. The average Bonchev–Trinajstić information content (AvgIpc) is 3.43. The van der Waals surface area contributed by atoms with Gasteiger partial charge in [0.05, 0.1) is 22.2 Å². The molecular weight excluding hydrogens is 421 g/mol. The number of carbonyl (C=O) groups is 1. The van der Waals surface area contributed by atoms with Gasteiger partial charge in [0.25, 0.3) is 5.91 Å². The van der Waals surface area contributed by atoms with Gasteiger partial charge in [-0.1, -0.05) is 6.92 Å². The Kier molecular flexibility index (Phi) is 7.48. The summed E-state index contributed by atoms with van der Waals surface area (Å²) in [5.74, 6) is 1.18. The Hall–Kier alpha value is -1.37. The lowest BCUT2D eigenvalue weighted by Gasteiger charge is -2.38. The molecule has 8 heteroatoms. The Labute approximate surface area is 191 Å². The summed E-state index contributed by atoms with van der Waals surface area (Å²) >= 11 is 0. The molecule has 0 spiro atoms. The quantitative estimate of drug-likeness (QED) is 0.742. The summed E-state index contributed by atoms with van der Waals surface area (Å²) in [6.07, 6.45) is 4.32. The SMILES string of the molecule is Cc1nn(C(C)(C)C)c2nc(C3CC3)cc(C(=O)N3CCC(C)CC3CN)c12.Cl.Cl. The van der Waals surface area contributed by atoms with E-state index >= 15 is 0 Å². The minimum Gasteiger partial charge on any atom is -0.334 e. The van der Waals surface area contributed by atoms with Crippen molar-refractivity contribution in [3.63, 3.8) is 0 Å². The molecule has 1 amide bonds. The number of carbonyl (C=O) groups excluding carboxylic acids is 1. The van der Waals surface area contributed by atoms with E-state index in [1.807, 2.05) is 22.6 Å². The van der Waals surface area contributed by atoms with E-state index in [1.54, 1.807) is 0 Å². The van der Waals surface area contributed by atoms with Gasteiger partial charge in [-0.15, -0.1) is 24.8 Å². The van der Waals surface area contributed by atoms with Crippen LogP contribution in [0.3, 0.4) is 0 Å². The van der Waals surface area contributed by atoms with Crippen LogP contribution < -0.4 is 5.73 Å². The number of hydrogen-bond acceptors (Lipinski definition) is 4. The molecule has 1 aliphatic carbocycles. The summed E-state index contributed by atoms with van der Waals surface area (Å²) in [4.78, 5) is 20.7. The summed E-state index contributed by atoms with van der Waals surface area (Å²) in [5.41, 5.74) is 9.36. The first-order chi connectivity index (χ1) is 13.2. The predicted octanol–water partition coefficient (Wildman–Crippen LogP) is 4.42. The van der Waals surface area contributed by atoms with Crippen molar-refractivity contribution in [3.8, 4) is 0 Å². The molecule has 1 aliphatic heterocycles. The van der Waals surface area contributed by atoms with E-state index in [0.29, 0.717) is 18.4 Å². The molecular formula is C22H35Cl2N5O. The van der Waals surface area contributed by atoms with Gasteiger partial charge >= 0.3 is 0 Å². The fraction of sp³-hybridized carbons (Fsp3) is 0.682. The summed E-state index contributed by atoms with van der Waals surface area (Å²) in [6.45, 7) is 11.9. The maximum atomic E-state index is 13.7. The molecule has 2 aromatic rings. The van der Waals surface area contributed by atoms with E-state index in [0.717, 1.165) is 60.2 Å². The van der Waals surface area contributed by atoms with Gasteiger partial charge in [0.1, 0.15) is 0 Å². The number of likely N-dealkylation sites (tertiary alicyclic amines) is 1. The van der Waals surface area contributed by atoms with Gasteiger partial charge < -0.3 is 10.6 Å². The molecule has 6 nitrogen and oxygen atoms in total. The number of amides is 1. The number of aromatic nitrogens is 3. The predicted molar refractivity (Wildman–Crippen MR) is 126 cm³/mol. The topological polar surface area (TPSA) is 77.0 Å². The minimum absolute atomic E-state index is 0. The number of aryl methyl sites for hydroxylation is 1. The first kappa shape index (κ1) is 24.9. The Morgan fingerprint density at radius 2 is 1.90 bits per heavy atom. The number of halogens is 2. The van der Waals surface area contributed by atoms with Gasteiger partial charge in [0.2, 0.25) is 0 Å². The summed E-state index contributed by atoms with van der Waals surface area (Å²) in [6, 6.07) is 2.15. The van der Waals surface area contributed by atoms with Crippen LogP contribution in [0, 0.1) is 12.8 Å². The van der Waals surface area contributed by atoms with Gasteiger partial charge in [-0.25, -0.2) is 9.67 Å². The van der Waals surface area contributed by atoms with Gasteiger partial charge in [0, 0.05) is 30.7 Å². The van der Waals surface area contributed by atoms with Gasteiger partial charge in [-0.05, 0) is 65.4 Å². The number of hydrogen-bond donors (Lipinski definition) is 1. The summed E-state index contributed by atoms with van der Waals surface area (Å²) in [5, 5.41) is 5.68. The van der Waals surface area contributed by atoms with Crippen molar-refractivity contribution in [2.75, 3.05) is 13.1 Å². The van der Waals surface area contributed by atoms with E-state index in [9.17, 15) is 4.79 Å². The molecule has 2 unspecified atom stereocenters. The molecule has 3 heterocycles. The van der Waals surface area contributed by atoms with Gasteiger partial charge in [-0.3, -0.25) is 4.79 Å². The standard InChI is InChI=1S/C22H33N5O.2ClH/c1-13-8-9-26(16(10-13)12-23)21(28)17-11-18(15-6-7-15)24-20-19(17)14(2)25-27(20)22(3,4)5;;/h11,13,15-16H,6-10,12,23H2,1-5H3;2*1H. The van der Waals surface area contributed by atoms with Crippen LogP contribution >= 0.6 is 24.8 Å². The van der Waals surface area contributed by atoms with Crippen molar-refractivity contribution in [1.82, 2.24) is 19.7 Å². The maximum absolute atomic E-state index is 13.7. The molecule has 2 N–H and O–H groups in total. The molecule has 168 valence electrons. The molecule has 2 aromatic heterocycles. The number of fused-ring (bicyclic) bond motifs is 1. The highest BCUT2D eigenvalue weighted by Gasteiger charge is 2.34. The highest BCUT2D eigenvalue weighted by molar-refractivity contribution is 6.06. The lowest BCUT2D eigenvalue weighted by atomic mass is 9.91. The average molecular weight is 456 g/mol. The third-order valence-electron chi connectivity index (χ3n) is 6.20. The Balaban J connectivity index is 0.00000160. The van der Waals surface area contributed by atoms with E-state index in [4.69, 9.17) is 15.8 Å². The lowest BCUT2D eigenvalue weighted by Crippen LogP contribution is -2.49. The fourth-order valence-electron chi connectivity index (χ4n) is 4.43.